The maximum Gasteiger partial charge on any atom is 0.446 e. The second kappa shape index (κ2) is 5.12. The molecular weight excluding hydrogens is 305 g/mol. The van der Waals surface area contributed by atoms with Crippen LogP contribution in [-0.4, -0.2) is 24.1 Å². The van der Waals surface area contributed by atoms with E-state index in [1.807, 2.05) is 5.32 Å². The molecule has 1 atom stereocenters. The molecule has 110 valence electrons. The van der Waals surface area contributed by atoms with Gasteiger partial charge in [-0.25, -0.2) is 13.6 Å². The number of carbonyl (C=O) groups is 1. The molecule has 1 aromatic carbocycles. The molecule has 0 bridgehead atoms. The highest BCUT2D eigenvalue weighted by Crippen LogP contribution is 2.43. The number of ether oxygens (including phenoxy) is 1. The number of carbonyl (C=O) groups excluding carboxylic acids is 1. The Morgan fingerprint density at radius 3 is 2.60 bits per heavy atom. The van der Waals surface area contributed by atoms with E-state index < -0.39 is 41.9 Å². The molecule has 1 amide bonds. The first kappa shape index (κ1) is 14.9. The maximum absolute atomic E-state index is 13.7. The van der Waals surface area contributed by atoms with E-state index in [0.29, 0.717) is 0 Å². The average Bonchev–Trinajstić information content (AvgIpc) is 2.31. The number of rotatable bonds is 2. The Balaban J connectivity index is 2.38. The summed E-state index contributed by atoms with van der Waals surface area (Å²) < 4.78 is 68.8. The molecular formula is C11H8F5NO2S. The van der Waals surface area contributed by atoms with Crippen molar-refractivity contribution in [2.75, 3.05) is 6.61 Å². The molecule has 0 saturated carbocycles. The minimum Gasteiger partial charge on any atom is -0.443 e. The van der Waals surface area contributed by atoms with Gasteiger partial charge in [0.1, 0.15) is 6.04 Å². The summed E-state index contributed by atoms with van der Waals surface area (Å²) in [7, 11) is 0. The van der Waals surface area contributed by atoms with Crippen LogP contribution in [0.2, 0.25) is 0 Å². The standard InChI is InChI=1S/C11H8F5NO2S/c12-10(13)5-19-9(18)17-8(10)6-3-1-2-4-7(6)20-11(14,15)16/h1-4,8H,5H2,(H,17,18)/t8-/m1/s1. The zero-order valence-corrected chi connectivity index (χ0v) is 10.5. The van der Waals surface area contributed by atoms with E-state index in [-0.39, 0.29) is 10.5 Å². The minimum absolute atomic E-state index is 0.295. The van der Waals surface area contributed by atoms with Crippen LogP contribution >= 0.6 is 11.8 Å². The van der Waals surface area contributed by atoms with Crippen molar-refractivity contribution < 1.29 is 31.5 Å². The number of halogens is 5. The SMILES string of the molecule is O=C1N[C@H](c2ccccc2SC(F)(F)F)C(F)(F)CO1. The fourth-order valence-electron chi connectivity index (χ4n) is 1.75. The van der Waals surface area contributed by atoms with Crippen LogP contribution < -0.4 is 5.32 Å². The summed E-state index contributed by atoms with van der Waals surface area (Å²) in [5.41, 5.74) is -4.91. The van der Waals surface area contributed by atoms with Gasteiger partial charge in [-0.3, -0.25) is 0 Å². The van der Waals surface area contributed by atoms with E-state index in [4.69, 9.17) is 0 Å². The Morgan fingerprint density at radius 2 is 1.95 bits per heavy atom. The summed E-state index contributed by atoms with van der Waals surface area (Å²) >= 11 is -0.502. The fourth-order valence-corrected chi connectivity index (χ4v) is 2.45. The van der Waals surface area contributed by atoms with Gasteiger partial charge >= 0.3 is 17.5 Å². The molecule has 1 heterocycles. The van der Waals surface area contributed by atoms with Gasteiger partial charge in [-0.15, -0.1) is 0 Å². The Kier molecular flexibility index (Phi) is 3.81. The van der Waals surface area contributed by atoms with Crippen molar-refractivity contribution in [3.05, 3.63) is 29.8 Å². The largest absolute Gasteiger partial charge is 0.446 e. The Hall–Kier alpha value is -1.51. The lowest BCUT2D eigenvalue weighted by Gasteiger charge is -2.32. The van der Waals surface area contributed by atoms with Crippen LogP contribution in [0.15, 0.2) is 29.2 Å². The van der Waals surface area contributed by atoms with Crippen LogP contribution in [0.4, 0.5) is 26.7 Å². The van der Waals surface area contributed by atoms with Crippen molar-refractivity contribution in [2.45, 2.75) is 22.4 Å². The molecule has 1 aromatic rings. The van der Waals surface area contributed by atoms with E-state index in [1.54, 1.807) is 0 Å². The van der Waals surface area contributed by atoms with Gasteiger partial charge in [0, 0.05) is 4.90 Å². The van der Waals surface area contributed by atoms with E-state index in [9.17, 15) is 26.7 Å². The molecule has 9 heteroatoms. The summed E-state index contributed by atoms with van der Waals surface area (Å²) in [6.07, 6.45) is -1.09. The van der Waals surface area contributed by atoms with Crippen LogP contribution in [0.25, 0.3) is 0 Å². The van der Waals surface area contributed by atoms with E-state index >= 15 is 0 Å². The van der Waals surface area contributed by atoms with E-state index in [2.05, 4.69) is 4.74 Å². The highest BCUT2D eigenvalue weighted by molar-refractivity contribution is 8.00. The summed E-state index contributed by atoms with van der Waals surface area (Å²) in [4.78, 5) is 10.7. The van der Waals surface area contributed by atoms with Crippen molar-refractivity contribution in [1.29, 1.82) is 0 Å². The molecule has 0 aromatic heterocycles. The van der Waals surface area contributed by atoms with Gasteiger partial charge in [0.05, 0.1) is 0 Å². The van der Waals surface area contributed by atoms with Crippen LogP contribution in [0, 0.1) is 0 Å². The molecule has 1 saturated heterocycles. The van der Waals surface area contributed by atoms with Crippen molar-refractivity contribution in [2.24, 2.45) is 0 Å². The molecule has 1 N–H and O–H groups in total. The quantitative estimate of drug-likeness (QED) is 0.668. The van der Waals surface area contributed by atoms with E-state index in [1.165, 1.54) is 12.1 Å². The molecule has 3 nitrogen and oxygen atoms in total. The second-order valence-corrected chi connectivity index (χ2v) is 5.11. The predicted molar refractivity (Wildman–Crippen MR) is 60.5 cm³/mol. The zero-order chi connectivity index (χ0) is 15.0. The number of thioether (sulfide) groups is 1. The number of cyclic esters (lactones) is 1. The third-order valence-electron chi connectivity index (χ3n) is 2.54. The van der Waals surface area contributed by atoms with Crippen molar-refractivity contribution >= 4 is 17.9 Å². The molecule has 0 aliphatic carbocycles. The second-order valence-electron chi connectivity index (χ2n) is 4.00. The summed E-state index contributed by atoms with van der Waals surface area (Å²) in [5, 5.41) is 1.86. The molecule has 2 rings (SSSR count). The van der Waals surface area contributed by atoms with Crippen molar-refractivity contribution in [3.8, 4) is 0 Å². The smallest absolute Gasteiger partial charge is 0.443 e. The Morgan fingerprint density at radius 1 is 1.30 bits per heavy atom. The topological polar surface area (TPSA) is 38.3 Å². The number of alkyl halides is 5. The van der Waals surface area contributed by atoms with E-state index in [0.717, 1.165) is 12.1 Å². The van der Waals surface area contributed by atoms with Gasteiger partial charge in [-0.05, 0) is 23.4 Å². The molecule has 1 fully saturated rings. The third kappa shape index (κ3) is 3.33. The van der Waals surface area contributed by atoms with Gasteiger partial charge in [0.25, 0.3) is 0 Å². The van der Waals surface area contributed by atoms with Crippen molar-refractivity contribution in [1.82, 2.24) is 5.32 Å². The van der Waals surface area contributed by atoms with Gasteiger partial charge < -0.3 is 10.1 Å². The maximum atomic E-state index is 13.7. The molecule has 0 unspecified atom stereocenters. The van der Waals surface area contributed by atoms with Crippen molar-refractivity contribution in [3.63, 3.8) is 0 Å². The van der Waals surface area contributed by atoms with Gasteiger partial charge in [0.15, 0.2) is 6.61 Å². The zero-order valence-electron chi connectivity index (χ0n) is 9.71. The average molecular weight is 313 g/mol. The lowest BCUT2D eigenvalue weighted by atomic mass is 10.00. The van der Waals surface area contributed by atoms with Gasteiger partial charge in [-0.2, -0.15) is 13.2 Å². The van der Waals surface area contributed by atoms with Crippen LogP contribution in [0.3, 0.4) is 0 Å². The molecule has 1 aliphatic rings. The van der Waals surface area contributed by atoms with Gasteiger partial charge in [0.2, 0.25) is 0 Å². The first-order valence-electron chi connectivity index (χ1n) is 5.35. The first-order valence-corrected chi connectivity index (χ1v) is 6.16. The lowest BCUT2D eigenvalue weighted by Crippen LogP contribution is -2.49. The lowest BCUT2D eigenvalue weighted by molar-refractivity contribution is -0.104. The summed E-state index contributed by atoms with van der Waals surface area (Å²) in [6.45, 7) is -1.17. The Bertz CT molecular complexity index is 520. The first-order chi connectivity index (χ1) is 9.19. The molecule has 1 aliphatic heterocycles. The third-order valence-corrected chi connectivity index (χ3v) is 3.36. The molecule has 0 spiro atoms. The Labute approximate surface area is 114 Å². The van der Waals surface area contributed by atoms with Crippen LogP contribution in [0.5, 0.6) is 0 Å². The number of hydrogen-bond donors (Lipinski definition) is 1. The molecule has 0 radical (unpaired) electrons. The number of nitrogens with one attached hydrogen (secondary N) is 1. The van der Waals surface area contributed by atoms with Crippen LogP contribution in [-0.2, 0) is 4.74 Å². The number of alkyl carbamates (subject to hydrolysis) is 1. The fraction of sp³-hybridized carbons (Fsp3) is 0.364. The highest BCUT2D eigenvalue weighted by atomic mass is 32.2. The summed E-state index contributed by atoms with van der Waals surface area (Å²) in [6, 6.07) is 2.98. The van der Waals surface area contributed by atoms with Gasteiger partial charge in [-0.1, -0.05) is 18.2 Å². The van der Waals surface area contributed by atoms with Crippen LogP contribution in [0.1, 0.15) is 11.6 Å². The predicted octanol–water partition coefficient (Wildman–Crippen LogP) is 3.71. The highest BCUT2D eigenvalue weighted by Gasteiger charge is 2.48. The monoisotopic (exact) mass is 313 g/mol. The number of hydrogen-bond acceptors (Lipinski definition) is 3. The number of benzene rings is 1. The summed E-state index contributed by atoms with van der Waals surface area (Å²) in [5.74, 6) is -3.49. The molecule has 20 heavy (non-hydrogen) atoms. The minimum atomic E-state index is -4.61. The normalized spacial score (nSPS) is 22.1. The number of amides is 1.